The molecule has 1 heterocycles. The van der Waals surface area contributed by atoms with E-state index in [-0.39, 0.29) is 5.91 Å². The minimum Gasteiger partial charge on any atom is -0.444 e. The molecule has 0 bridgehead atoms. The van der Waals surface area contributed by atoms with Gasteiger partial charge in [0.25, 0.3) is 5.91 Å². The van der Waals surface area contributed by atoms with Gasteiger partial charge in [0, 0.05) is 16.8 Å². The number of carbonyl (C=O) groups excluding carboxylic acids is 2. The summed E-state index contributed by atoms with van der Waals surface area (Å²) >= 11 is 0. The molecule has 0 atom stereocenters. The molecule has 0 aliphatic carbocycles. The second kappa shape index (κ2) is 8.52. The van der Waals surface area contributed by atoms with Crippen LogP contribution in [0.15, 0.2) is 67.0 Å². The number of rotatable bonds is 4. The highest BCUT2D eigenvalue weighted by Crippen LogP contribution is 2.17. The Kier molecular flexibility index (Phi) is 5.87. The monoisotopic (exact) mass is 390 g/mol. The van der Waals surface area contributed by atoms with Crippen LogP contribution in [0.2, 0.25) is 0 Å². The second-order valence-electron chi connectivity index (χ2n) is 7.32. The summed E-state index contributed by atoms with van der Waals surface area (Å²) in [5.74, 6) is 0.237. The molecule has 3 rings (SSSR count). The predicted octanol–water partition coefficient (Wildman–Crippen LogP) is 4.74. The van der Waals surface area contributed by atoms with Crippen molar-refractivity contribution in [2.24, 2.45) is 0 Å². The lowest BCUT2D eigenvalue weighted by Gasteiger charge is -2.19. The summed E-state index contributed by atoms with van der Waals surface area (Å²) in [4.78, 5) is 33.0. The number of amides is 2. The summed E-state index contributed by atoms with van der Waals surface area (Å²) in [5, 5.41) is 5.37. The number of anilines is 2. The highest BCUT2D eigenvalue weighted by atomic mass is 16.6. The standard InChI is InChI=1S/C22H22N4O3/c1-22(2,3)29-21(28)26-17-11-7-10-16(12-17)20(27)25-18-13-23-19(24-14-18)15-8-5-4-6-9-15/h4-14H,1-3H3,(H,25,27)(H,26,28). The van der Waals surface area contributed by atoms with Gasteiger partial charge in [0.1, 0.15) is 5.60 Å². The van der Waals surface area contributed by atoms with Crippen molar-refractivity contribution in [2.75, 3.05) is 10.6 Å². The van der Waals surface area contributed by atoms with E-state index in [4.69, 9.17) is 4.74 Å². The number of nitrogens with zero attached hydrogens (tertiary/aromatic N) is 2. The third kappa shape index (κ3) is 5.87. The van der Waals surface area contributed by atoms with Crippen LogP contribution in [0.5, 0.6) is 0 Å². The van der Waals surface area contributed by atoms with Crippen LogP contribution >= 0.6 is 0 Å². The van der Waals surface area contributed by atoms with E-state index in [1.54, 1.807) is 57.4 Å². The molecule has 0 unspecified atom stereocenters. The first-order chi connectivity index (χ1) is 13.8. The maximum absolute atomic E-state index is 12.5. The zero-order valence-corrected chi connectivity index (χ0v) is 16.5. The van der Waals surface area contributed by atoms with Crippen LogP contribution < -0.4 is 10.6 Å². The third-order valence-electron chi connectivity index (χ3n) is 3.71. The van der Waals surface area contributed by atoms with E-state index in [0.29, 0.717) is 22.8 Å². The molecule has 2 aromatic carbocycles. The molecule has 0 aliphatic heterocycles. The summed E-state index contributed by atoms with van der Waals surface area (Å²) < 4.78 is 5.22. The van der Waals surface area contributed by atoms with Crippen molar-refractivity contribution in [1.29, 1.82) is 0 Å². The highest BCUT2D eigenvalue weighted by Gasteiger charge is 2.16. The SMILES string of the molecule is CC(C)(C)OC(=O)Nc1cccc(C(=O)Nc2cnc(-c3ccccc3)nc2)c1. The Morgan fingerprint density at radius 2 is 1.55 bits per heavy atom. The zero-order valence-electron chi connectivity index (χ0n) is 16.5. The Morgan fingerprint density at radius 1 is 0.862 bits per heavy atom. The lowest BCUT2D eigenvalue weighted by atomic mass is 10.2. The summed E-state index contributed by atoms with van der Waals surface area (Å²) in [6.07, 6.45) is 2.52. The quantitative estimate of drug-likeness (QED) is 0.671. The van der Waals surface area contributed by atoms with Crippen LogP contribution in [-0.4, -0.2) is 27.6 Å². The first kappa shape index (κ1) is 20.0. The molecule has 0 saturated heterocycles. The van der Waals surface area contributed by atoms with E-state index in [2.05, 4.69) is 20.6 Å². The number of benzene rings is 2. The minimum absolute atomic E-state index is 0.339. The molecule has 148 valence electrons. The van der Waals surface area contributed by atoms with Crippen molar-refractivity contribution < 1.29 is 14.3 Å². The average molecular weight is 390 g/mol. The smallest absolute Gasteiger partial charge is 0.412 e. The molecule has 2 N–H and O–H groups in total. The average Bonchev–Trinajstić information content (AvgIpc) is 2.68. The number of carbonyl (C=O) groups is 2. The van der Waals surface area contributed by atoms with Gasteiger partial charge in [-0.05, 0) is 39.0 Å². The van der Waals surface area contributed by atoms with Crippen molar-refractivity contribution in [3.63, 3.8) is 0 Å². The predicted molar refractivity (Wildman–Crippen MR) is 112 cm³/mol. The van der Waals surface area contributed by atoms with Crippen LogP contribution in [0.1, 0.15) is 31.1 Å². The van der Waals surface area contributed by atoms with E-state index < -0.39 is 11.7 Å². The summed E-state index contributed by atoms with van der Waals surface area (Å²) in [7, 11) is 0. The van der Waals surface area contributed by atoms with Crippen molar-refractivity contribution in [3.05, 3.63) is 72.6 Å². The number of hydrogen-bond donors (Lipinski definition) is 2. The molecule has 0 aliphatic rings. The fraction of sp³-hybridized carbons (Fsp3) is 0.182. The van der Waals surface area contributed by atoms with Crippen LogP contribution in [0, 0.1) is 0 Å². The normalized spacial score (nSPS) is 10.9. The van der Waals surface area contributed by atoms with Gasteiger partial charge in [-0.15, -0.1) is 0 Å². The Bertz CT molecular complexity index is 997. The number of aromatic nitrogens is 2. The van der Waals surface area contributed by atoms with Gasteiger partial charge < -0.3 is 10.1 Å². The van der Waals surface area contributed by atoms with E-state index >= 15 is 0 Å². The Morgan fingerprint density at radius 3 is 2.21 bits per heavy atom. The summed E-state index contributed by atoms with van der Waals surface area (Å²) in [5.41, 5.74) is 1.60. The van der Waals surface area contributed by atoms with E-state index in [1.807, 2.05) is 30.3 Å². The molecule has 2 amide bonds. The van der Waals surface area contributed by atoms with Gasteiger partial charge in [-0.2, -0.15) is 0 Å². The molecular formula is C22H22N4O3. The van der Waals surface area contributed by atoms with Gasteiger partial charge in [-0.3, -0.25) is 10.1 Å². The molecule has 0 radical (unpaired) electrons. The van der Waals surface area contributed by atoms with Gasteiger partial charge in [-0.1, -0.05) is 36.4 Å². The van der Waals surface area contributed by atoms with Crippen LogP contribution in [0.25, 0.3) is 11.4 Å². The lowest BCUT2D eigenvalue weighted by Crippen LogP contribution is -2.27. The van der Waals surface area contributed by atoms with Crippen molar-refractivity contribution in [1.82, 2.24) is 9.97 Å². The largest absolute Gasteiger partial charge is 0.444 e. The van der Waals surface area contributed by atoms with Crippen LogP contribution in [0.3, 0.4) is 0 Å². The van der Waals surface area contributed by atoms with E-state index in [0.717, 1.165) is 5.56 Å². The molecule has 0 spiro atoms. The van der Waals surface area contributed by atoms with Gasteiger partial charge in [-0.25, -0.2) is 14.8 Å². The fourth-order valence-corrected chi connectivity index (χ4v) is 2.49. The highest BCUT2D eigenvalue weighted by molar-refractivity contribution is 6.05. The summed E-state index contributed by atoms with van der Waals surface area (Å²) in [6.45, 7) is 5.34. The lowest BCUT2D eigenvalue weighted by molar-refractivity contribution is 0.0635. The molecule has 7 nitrogen and oxygen atoms in total. The minimum atomic E-state index is -0.606. The second-order valence-corrected chi connectivity index (χ2v) is 7.32. The van der Waals surface area contributed by atoms with Gasteiger partial charge in [0.2, 0.25) is 0 Å². The molecule has 7 heteroatoms. The topological polar surface area (TPSA) is 93.2 Å². The third-order valence-corrected chi connectivity index (χ3v) is 3.71. The maximum atomic E-state index is 12.5. The first-order valence-corrected chi connectivity index (χ1v) is 9.09. The maximum Gasteiger partial charge on any atom is 0.412 e. The molecule has 3 aromatic rings. The van der Waals surface area contributed by atoms with Crippen LogP contribution in [-0.2, 0) is 4.74 Å². The van der Waals surface area contributed by atoms with Gasteiger partial charge in [0.05, 0.1) is 18.1 Å². The van der Waals surface area contributed by atoms with E-state index in [1.165, 1.54) is 0 Å². The molecule has 0 fully saturated rings. The van der Waals surface area contributed by atoms with Gasteiger partial charge in [0.15, 0.2) is 5.82 Å². The fourth-order valence-electron chi connectivity index (χ4n) is 2.49. The Labute approximate surface area is 169 Å². The van der Waals surface area contributed by atoms with Crippen molar-refractivity contribution in [2.45, 2.75) is 26.4 Å². The molecule has 29 heavy (non-hydrogen) atoms. The molecule has 1 aromatic heterocycles. The number of ether oxygens (including phenoxy) is 1. The van der Waals surface area contributed by atoms with Crippen molar-refractivity contribution in [3.8, 4) is 11.4 Å². The summed E-state index contributed by atoms with van der Waals surface area (Å²) in [6, 6.07) is 16.1. The van der Waals surface area contributed by atoms with Crippen LogP contribution in [0.4, 0.5) is 16.2 Å². The number of hydrogen-bond acceptors (Lipinski definition) is 5. The van der Waals surface area contributed by atoms with E-state index in [9.17, 15) is 9.59 Å². The number of nitrogens with one attached hydrogen (secondary N) is 2. The molecule has 0 saturated carbocycles. The van der Waals surface area contributed by atoms with Gasteiger partial charge >= 0.3 is 6.09 Å². The zero-order chi connectivity index (χ0) is 20.9. The first-order valence-electron chi connectivity index (χ1n) is 9.09. The molecular weight excluding hydrogens is 368 g/mol. The Balaban J connectivity index is 1.66. The Hall–Kier alpha value is -3.74. The van der Waals surface area contributed by atoms with Crippen molar-refractivity contribution >= 4 is 23.4 Å².